The monoisotopic (exact) mass is 318 g/mol. The average Bonchev–Trinajstić information content (AvgIpc) is 2.32. The lowest BCUT2D eigenvalue weighted by atomic mass is 10.2. The molecule has 1 aromatic carbocycles. The fraction of sp³-hybridized carbons (Fsp3) is 0.417. The van der Waals surface area contributed by atoms with Gasteiger partial charge < -0.3 is 15.4 Å². The first kappa shape index (κ1) is 14.9. The molecule has 0 bridgehead atoms. The first-order chi connectivity index (χ1) is 8.54. The zero-order valence-corrected chi connectivity index (χ0v) is 11.9. The Bertz CT molecular complexity index is 427. The fourth-order valence-corrected chi connectivity index (χ4v) is 1.83. The van der Waals surface area contributed by atoms with Crippen molar-refractivity contribution >= 4 is 27.5 Å². The molecule has 0 unspecified atom stereocenters. The largest absolute Gasteiger partial charge is 0.383 e. The highest BCUT2D eigenvalue weighted by atomic mass is 79.9. The Morgan fingerprint density at radius 1 is 1.50 bits per heavy atom. The van der Waals surface area contributed by atoms with Crippen molar-refractivity contribution < 1.29 is 13.9 Å². The Balaban J connectivity index is 2.48. The molecule has 0 aliphatic heterocycles. The van der Waals surface area contributed by atoms with Crippen LogP contribution < -0.4 is 10.6 Å². The molecule has 6 heteroatoms. The van der Waals surface area contributed by atoms with E-state index in [-0.39, 0.29) is 18.3 Å². The van der Waals surface area contributed by atoms with Gasteiger partial charge in [-0.05, 0) is 40.5 Å². The molecule has 0 saturated carbocycles. The Kier molecular flexibility index (Phi) is 6.07. The standard InChI is InChI=1S/C12H16BrFN2O2/c1-8-5-9(13)10(14)6-11(8)16-7-12(17)15-3-4-18-2/h5-6,16H,3-4,7H2,1-2H3,(H,15,17). The van der Waals surface area contributed by atoms with Gasteiger partial charge in [-0.3, -0.25) is 4.79 Å². The number of amides is 1. The molecule has 1 amide bonds. The number of methoxy groups -OCH3 is 1. The van der Waals surface area contributed by atoms with Crippen LogP contribution in [0.2, 0.25) is 0 Å². The number of carbonyl (C=O) groups excluding carboxylic acids is 1. The third-order valence-corrected chi connectivity index (χ3v) is 2.94. The Labute approximate surface area is 114 Å². The minimum atomic E-state index is -0.358. The molecular weight excluding hydrogens is 303 g/mol. The molecule has 0 saturated heterocycles. The molecule has 0 heterocycles. The molecule has 2 N–H and O–H groups in total. The van der Waals surface area contributed by atoms with Crippen LogP contribution in [-0.4, -0.2) is 32.7 Å². The molecule has 0 spiro atoms. The van der Waals surface area contributed by atoms with Crippen LogP contribution in [0.3, 0.4) is 0 Å². The van der Waals surface area contributed by atoms with Gasteiger partial charge in [0.1, 0.15) is 5.82 Å². The van der Waals surface area contributed by atoms with Crippen molar-refractivity contribution in [1.82, 2.24) is 5.32 Å². The lowest BCUT2D eigenvalue weighted by Crippen LogP contribution is -2.32. The summed E-state index contributed by atoms with van der Waals surface area (Å²) in [5, 5.41) is 5.56. The second-order valence-electron chi connectivity index (χ2n) is 3.78. The zero-order chi connectivity index (χ0) is 13.5. The predicted molar refractivity (Wildman–Crippen MR) is 72.2 cm³/mol. The lowest BCUT2D eigenvalue weighted by molar-refractivity contribution is -0.119. The van der Waals surface area contributed by atoms with Crippen LogP contribution in [0, 0.1) is 12.7 Å². The number of aryl methyl sites for hydroxylation is 1. The molecule has 0 fully saturated rings. The molecule has 0 radical (unpaired) electrons. The molecule has 0 aliphatic carbocycles. The number of carbonyl (C=O) groups is 1. The zero-order valence-electron chi connectivity index (χ0n) is 10.3. The molecule has 0 aromatic heterocycles. The maximum Gasteiger partial charge on any atom is 0.239 e. The van der Waals surface area contributed by atoms with Gasteiger partial charge in [0.25, 0.3) is 0 Å². The summed E-state index contributed by atoms with van der Waals surface area (Å²) in [7, 11) is 1.57. The van der Waals surface area contributed by atoms with Crippen LogP contribution >= 0.6 is 15.9 Å². The third-order valence-electron chi connectivity index (χ3n) is 2.34. The highest BCUT2D eigenvalue weighted by Crippen LogP contribution is 2.23. The normalized spacial score (nSPS) is 10.2. The predicted octanol–water partition coefficient (Wildman–Crippen LogP) is 2.07. The van der Waals surface area contributed by atoms with E-state index in [1.165, 1.54) is 6.07 Å². The molecular formula is C12H16BrFN2O2. The summed E-state index contributed by atoms with van der Waals surface area (Å²) in [5.74, 6) is -0.516. The van der Waals surface area contributed by atoms with Crippen molar-refractivity contribution in [3.63, 3.8) is 0 Å². The van der Waals surface area contributed by atoms with Gasteiger partial charge in [-0.2, -0.15) is 0 Å². The average molecular weight is 319 g/mol. The Hall–Kier alpha value is -1.14. The van der Waals surface area contributed by atoms with Gasteiger partial charge in [0.15, 0.2) is 0 Å². The van der Waals surface area contributed by atoms with Crippen LogP contribution in [-0.2, 0) is 9.53 Å². The molecule has 0 aliphatic rings. The Morgan fingerprint density at radius 3 is 2.89 bits per heavy atom. The van der Waals surface area contributed by atoms with E-state index in [1.807, 2.05) is 6.92 Å². The third kappa shape index (κ3) is 4.62. The van der Waals surface area contributed by atoms with Crippen molar-refractivity contribution in [3.8, 4) is 0 Å². The summed E-state index contributed by atoms with van der Waals surface area (Å²) in [5.41, 5.74) is 1.48. The van der Waals surface area contributed by atoms with E-state index < -0.39 is 0 Å². The smallest absolute Gasteiger partial charge is 0.239 e. The quantitative estimate of drug-likeness (QED) is 0.789. The van der Waals surface area contributed by atoms with E-state index in [0.717, 1.165) is 5.56 Å². The van der Waals surface area contributed by atoms with Crippen LogP contribution in [0.5, 0.6) is 0 Å². The van der Waals surface area contributed by atoms with E-state index in [0.29, 0.717) is 23.3 Å². The van der Waals surface area contributed by atoms with E-state index in [4.69, 9.17) is 4.74 Å². The van der Waals surface area contributed by atoms with Gasteiger partial charge in [-0.1, -0.05) is 0 Å². The summed E-state index contributed by atoms with van der Waals surface area (Å²) >= 11 is 3.11. The van der Waals surface area contributed by atoms with E-state index in [1.54, 1.807) is 13.2 Å². The molecule has 4 nitrogen and oxygen atoms in total. The van der Waals surface area contributed by atoms with E-state index >= 15 is 0 Å². The minimum absolute atomic E-state index is 0.103. The number of ether oxygens (including phenoxy) is 1. The molecule has 1 rings (SSSR count). The maximum atomic E-state index is 13.3. The first-order valence-corrected chi connectivity index (χ1v) is 6.29. The lowest BCUT2D eigenvalue weighted by Gasteiger charge is -2.10. The van der Waals surface area contributed by atoms with Crippen molar-refractivity contribution in [2.75, 3.05) is 32.1 Å². The van der Waals surface area contributed by atoms with Gasteiger partial charge in [-0.15, -0.1) is 0 Å². The number of rotatable bonds is 6. The summed E-state index contributed by atoms with van der Waals surface area (Å²) < 4.78 is 18.6. The number of nitrogens with one attached hydrogen (secondary N) is 2. The van der Waals surface area contributed by atoms with E-state index in [9.17, 15) is 9.18 Å². The number of hydrogen-bond donors (Lipinski definition) is 2. The number of hydrogen-bond acceptors (Lipinski definition) is 3. The van der Waals surface area contributed by atoms with Gasteiger partial charge in [0, 0.05) is 19.3 Å². The SMILES string of the molecule is COCCNC(=O)CNc1cc(F)c(Br)cc1C. The summed E-state index contributed by atoms with van der Waals surface area (Å²) in [6.07, 6.45) is 0. The summed E-state index contributed by atoms with van der Waals surface area (Å²) in [6.45, 7) is 2.88. The molecule has 0 atom stereocenters. The van der Waals surface area contributed by atoms with Gasteiger partial charge in [-0.25, -0.2) is 4.39 Å². The van der Waals surface area contributed by atoms with Crippen molar-refractivity contribution in [3.05, 3.63) is 28.0 Å². The number of anilines is 1. The highest BCUT2D eigenvalue weighted by Gasteiger charge is 2.06. The second-order valence-corrected chi connectivity index (χ2v) is 4.63. The topological polar surface area (TPSA) is 50.4 Å². The van der Waals surface area contributed by atoms with Gasteiger partial charge in [0.05, 0.1) is 17.6 Å². The van der Waals surface area contributed by atoms with Crippen LogP contribution in [0.15, 0.2) is 16.6 Å². The molecule has 18 heavy (non-hydrogen) atoms. The van der Waals surface area contributed by atoms with Crippen LogP contribution in [0.1, 0.15) is 5.56 Å². The van der Waals surface area contributed by atoms with Gasteiger partial charge in [0.2, 0.25) is 5.91 Å². The second kappa shape index (κ2) is 7.33. The van der Waals surface area contributed by atoms with Crippen molar-refractivity contribution in [1.29, 1.82) is 0 Å². The van der Waals surface area contributed by atoms with Crippen molar-refractivity contribution in [2.24, 2.45) is 0 Å². The number of halogens is 2. The minimum Gasteiger partial charge on any atom is -0.383 e. The maximum absolute atomic E-state index is 13.3. The van der Waals surface area contributed by atoms with Crippen molar-refractivity contribution in [2.45, 2.75) is 6.92 Å². The van der Waals surface area contributed by atoms with Crippen LogP contribution in [0.4, 0.5) is 10.1 Å². The van der Waals surface area contributed by atoms with E-state index in [2.05, 4.69) is 26.6 Å². The van der Waals surface area contributed by atoms with Gasteiger partial charge >= 0.3 is 0 Å². The Morgan fingerprint density at radius 2 is 2.22 bits per heavy atom. The van der Waals surface area contributed by atoms with Crippen LogP contribution in [0.25, 0.3) is 0 Å². The highest BCUT2D eigenvalue weighted by molar-refractivity contribution is 9.10. The molecule has 100 valence electrons. The summed E-state index contributed by atoms with van der Waals surface area (Å²) in [6, 6.07) is 3.03. The first-order valence-electron chi connectivity index (χ1n) is 5.49. The number of benzene rings is 1. The molecule has 1 aromatic rings. The fourth-order valence-electron chi connectivity index (χ4n) is 1.37. The summed E-state index contributed by atoms with van der Waals surface area (Å²) in [4.78, 5) is 11.4.